The highest BCUT2D eigenvalue weighted by atomic mass is 16.4. The number of nitrogens with zero attached hydrogens (tertiary/aromatic N) is 1. The Morgan fingerprint density at radius 1 is 1.45 bits per heavy atom. The van der Waals surface area contributed by atoms with Gasteiger partial charge in [-0.05, 0) is 19.1 Å². The predicted octanol–water partition coefficient (Wildman–Crippen LogP) is 2.43. The topological polar surface area (TPSA) is 70.8 Å². The number of carboxylic acids is 1. The maximum atomic E-state index is 11.9. The number of benzene rings is 1. The van der Waals surface area contributed by atoms with Crippen molar-refractivity contribution in [3.05, 3.63) is 36.1 Å². The van der Waals surface area contributed by atoms with Crippen LogP contribution in [0.25, 0.3) is 11.0 Å². The summed E-state index contributed by atoms with van der Waals surface area (Å²) in [6, 6.07) is 9.29. The third-order valence-electron chi connectivity index (χ3n) is 3.83. The smallest absolute Gasteiger partial charge is 0.308 e. The van der Waals surface area contributed by atoms with E-state index < -0.39 is 11.9 Å². The number of hydrogen-bond acceptors (Lipinski definition) is 3. The van der Waals surface area contributed by atoms with Gasteiger partial charge >= 0.3 is 5.97 Å². The van der Waals surface area contributed by atoms with Crippen molar-refractivity contribution in [3.8, 4) is 0 Å². The van der Waals surface area contributed by atoms with Crippen molar-refractivity contribution in [2.24, 2.45) is 5.92 Å². The third-order valence-corrected chi connectivity index (χ3v) is 3.83. The molecule has 2 aromatic rings. The van der Waals surface area contributed by atoms with E-state index in [2.05, 4.69) is 0 Å². The summed E-state index contributed by atoms with van der Waals surface area (Å²) in [6.07, 6.45) is 0.0693. The fourth-order valence-corrected chi connectivity index (χ4v) is 2.63. The SMILES string of the molecule is C[C@@H](c1cc2ccccc2o1)N1C[C@@H](C(=O)O)CC1=O. The fourth-order valence-electron chi connectivity index (χ4n) is 2.63. The first-order chi connectivity index (χ1) is 9.56. The van der Waals surface area contributed by atoms with Crippen LogP contribution in [0.2, 0.25) is 0 Å². The molecular weight excluding hydrogens is 258 g/mol. The Bertz CT molecular complexity index is 642. The molecule has 1 aliphatic heterocycles. The monoisotopic (exact) mass is 273 g/mol. The van der Waals surface area contributed by atoms with Crippen LogP contribution >= 0.6 is 0 Å². The van der Waals surface area contributed by atoms with Gasteiger partial charge in [0.15, 0.2) is 0 Å². The second-order valence-corrected chi connectivity index (χ2v) is 5.15. The maximum Gasteiger partial charge on any atom is 0.308 e. The number of carbonyl (C=O) groups is 2. The number of likely N-dealkylation sites (tertiary alicyclic amines) is 1. The molecule has 20 heavy (non-hydrogen) atoms. The summed E-state index contributed by atoms with van der Waals surface area (Å²) < 4.78 is 5.74. The quantitative estimate of drug-likeness (QED) is 0.932. The van der Waals surface area contributed by atoms with Crippen molar-refractivity contribution in [3.63, 3.8) is 0 Å². The van der Waals surface area contributed by atoms with Crippen molar-refractivity contribution in [1.29, 1.82) is 0 Å². The fraction of sp³-hybridized carbons (Fsp3) is 0.333. The summed E-state index contributed by atoms with van der Waals surface area (Å²) in [5.41, 5.74) is 0.774. The lowest BCUT2D eigenvalue weighted by molar-refractivity contribution is -0.141. The first-order valence-corrected chi connectivity index (χ1v) is 6.57. The second-order valence-electron chi connectivity index (χ2n) is 5.15. The van der Waals surface area contributed by atoms with Crippen LogP contribution in [0.15, 0.2) is 34.7 Å². The summed E-state index contributed by atoms with van der Waals surface area (Å²) >= 11 is 0. The van der Waals surface area contributed by atoms with Gasteiger partial charge in [-0.1, -0.05) is 18.2 Å². The normalized spacial score (nSPS) is 20.6. The van der Waals surface area contributed by atoms with Crippen molar-refractivity contribution in [1.82, 2.24) is 4.90 Å². The molecule has 0 radical (unpaired) electrons. The van der Waals surface area contributed by atoms with Gasteiger partial charge in [-0.15, -0.1) is 0 Å². The molecule has 1 saturated heterocycles. The Hall–Kier alpha value is -2.30. The van der Waals surface area contributed by atoms with E-state index in [0.29, 0.717) is 5.76 Å². The van der Waals surface area contributed by atoms with Gasteiger partial charge in [0.25, 0.3) is 0 Å². The van der Waals surface area contributed by atoms with Gasteiger partial charge in [-0.25, -0.2) is 0 Å². The zero-order valence-electron chi connectivity index (χ0n) is 11.1. The van der Waals surface area contributed by atoms with Crippen LogP contribution in [0.5, 0.6) is 0 Å². The minimum absolute atomic E-state index is 0.0693. The molecule has 0 unspecified atom stereocenters. The molecule has 5 nitrogen and oxygen atoms in total. The Labute approximate surface area is 115 Å². The molecule has 1 aromatic carbocycles. The van der Waals surface area contributed by atoms with E-state index in [4.69, 9.17) is 9.52 Å². The van der Waals surface area contributed by atoms with Crippen LogP contribution in [-0.2, 0) is 9.59 Å². The second kappa shape index (κ2) is 4.67. The van der Waals surface area contributed by atoms with Gasteiger partial charge in [0.2, 0.25) is 5.91 Å². The number of aliphatic carboxylic acids is 1. The van der Waals surface area contributed by atoms with Crippen molar-refractivity contribution >= 4 is 22.8 Å². The summed E-state index contributed by atoms with van der Waals surface area (Å²) in [5.74, 6) is -0.983. The van der Waals surface area contributed by atoms with Gasteiger partial charge in [0, 0.05) is 18.4 Å². The molecule has 1 amide bonds. The van der Waals surface area contributed by atoms with Crippen molar-refractivity contribution in [2.75, 3.05) is 6.54 Å². The summed E-state index contributed by atoms with van der Waals surface area (Å²) in [4.78, 5) is 24.5. The number of para-hydroxylation sites is 1. The molecule has 1 N–H and O–H groups in total. The number of carboxylic acid groups (broad SMARTS) is 1. The van der Waals surface area contributed by atoms with E-state index in [0.717, 1.165) is 11.0 Å². The van der Waals surface area contributed by atoms with Crippen molar-refractivity contribution in [2.45, 2.75) is 19.4 Å². The van der Waals surface area contributed by atoms with Gasteiger partial charge in [0.05, 0.1) is 12.0 Å². The predicted molar refractivity (Wildman–Crippen MR) is 72.1 cm³/mol. The first-order valence-electron chi connectivity index (χ1n) is 6.57. The van der Waals surface area contributed by atoms with Crippen LogP contribution in [0.4, 0.5) is 0 Å². The molecular formula is C15H15NO4. The maximum absolute atomic E-state index is 11.9. The average Bonchev–Trinajstić information content (AvgIpc) is 3.01. The van der Waals surface area contributed by atoms with E-state index in [1.54, 1.807) is 4.90 Å². The molecule has 5 heteroatoms. The summed E-state index contributed by atoms with van der Waals surface area (Å²) in [5, 5.41) is 10.00. The molecule has 0 spiro atoms. The Balaban J connectivity index is 1.87. The molecule has 2 heterocycles. The largest absolute Gasteiger partial charge is 0.481 e. The minimum Gasteiger partial charge on any atom is -0.481 e. The number of rotatable bonds is 3. The molecule has 0 aliphatic carbocycles. The zero-order valence-corrected chi connectivity index (χ0v) is 11.1. The van der Waals surface area contributed by atoms with Gasteiger partial charge in [0.1, 0.15) is 11.3 Å². The van der Waals surface area contributed by atoms with Crippen LogP contribution in [0, 0.1) is 5.92 Å². The van der Waals surface area contributed by atoms with Gasteiger partial charge in [-0.3, -0.25) is 9.59 Å². The number of carbonyl (C=O) groups excluding carboxylic acids is 1. The number of hydrogen-bond donors (Lipinski definition) is 1. The molecule has 104 valence electrons. The van der Waals surface area contributed by atoms with Crippen LogP contribution in [0.3, 0.4) is 0 Å². The molecule has 0 bridgehead atoms. The molecule has 1 fully saturated rings. The highest BCUT2D eigenvalue weighted by molar-refractivity contribution is 5.86. The Morgan fingerprint density at radius 3 is 2.85 bits per heavy atom. The number of furan rings is 1. The van der Waals surface area contributed by atoms with E-state index in [1.165, 1.54) is 0 Å². The Morgan fingerprint density at radius 2 is 2.20 bits per heavy atom. The first kappa shape index (κ1) is 12.7. The van der Waals surface area contributed by atoms with Gasteiger partial charge in [-0.2, -0.15) is 0 Å². The van der Waals surface area contributed by atoms with Gasteiger partial charge < -0.3 is 14.4 Å². The number of amides is 1. The third kappa shape index (κ3) is 2.05. The molecule has 0 saturated carbocycles. The van der Waals surface area contributed by atoms with E-state index in [-0.39, 0.29) is 24.9 Å². The average molecular weight is 273 g/mol. The standard InChI is InChI=1S/C15H15NO4/c1-9(16-8-11(15(18)19)7-14(16)17)13-6-10-4-2-3-5-12(10)20-13/h2-6,9,11H,7-8H2,1H3,(H,18,19)/t9-,11-/m0/s1. The van der Waals surface area contributed by atoms with Crippen LogP contribution in [-0.4, -0.2) is 28.4 Å². The highest BCUT2D eigenvalue weighted by Crippen LogP contribution is 2.31. The molecule has 2 atom stereocenters. The summed E-state index contributed by atoms with van der Waals surface area (Å²) in [6.45, 7) is 2.10. The lowest BCUT2D eigenvalue weighted by Gasteiger charge is -2.22. The van der Waals surface area contributed by atoms with Crippen molar-refractivity contribution < 1.29 is 19.1 Å². The Kier molecular flexibility index (Phi) is 2.97. The van der Waals surface area contributed by atoms with E-state index >= 15 is 0 Å². The van der Waals surface area contributed by atoms with Crippen LogP contribution < -0.4 is 0 Å². The summed E-state index contributed by atoms with van der Waals surface area (Å²) in [7, 11) is 0. The highest BCUT2D eigenvalue weighted by Gasteiger charge is 2.37. The molecule has 1 aromatic heterocycles. The lowest BCUT2D eigenvalue weighted by atomic mass is 10.1. The van der Waals surface area contributed by atoms with E-state index in [1.807, 2.05) is 37.3 Å². The lowest BCUT2D eigenvalue weighted by Crippen LogP contribution is -2.29. The molecule has 3 rings (SSSR count). The minimum atomic E-state index is -0.919. The molecule has 1 aliphatic rings. The van der Waals surface area contributed by atoms with E-state index in [9.17, 15) is 9.59 Å². The number of fused-ring (bicyclic) bond motifs is 1. The van der Waals surface area contributed by atoms with Crippen LogP contribution in [0.1, 0.15) is 25.1 Å². The zero-order chi connectivity index (χ0) is 14.3.